The van der Waals surface area contributed by atoms with Gasteiger partial charge in [0.05, 0.1) is 6.54 Å². The van der Waals surface area contributed by atoms with Gasteiger partial charge >= 0.3 is 0 Å². The average molecular weight is 231 g/mol. The molecular weight excluding hydrogens is 214 g/mol. The van der Waals surface area contributed by atoms with Crippen LogP contribution < -0.4 is 5.73 Å². The number of rotatable bonds is 4. The number of aromatic nitrogens is 4. The van der Waals surface area contributed by atoms with Crippen LogP contribution in [0.25, 0.3) is 11.4 Å². The van der Waals surface area contributed by atoms with Crippen LogP contribution in [-0.4, -0.2) is 26.8 Å². The first-order valence-electron chi connectivity index (χ1n) is 5.76. The highest BCUT2D eigenvalue weighted by atomic mass is 15.6. The summed E-state index contributed by atoms with van der Waals surface area (Å²) < 4.78 is 0. The van der Waals surface area contributed by atoms with E-state index in [1.54, 1.807) is 4.80 Å². The fourth-order valence-corrected chi connectivity index (χ4v) is 1.57. The van der Waals surface area contributed by atoms with Gasteiger partial charge in [0.25, 0.3) is 0 Å². The number of aryl methyl sites for hydroxylation is 3. The Balaban J connectivity index is 2.21. The molecule has 0 radical (unpaired) electrons. The third-order valence-electron chi connectivity index (χ3n) is 2.78. The minimum Gasteiger partial charge on any atom is -0.330 e. The molecule has 0 aliphatic rings. The summed E-state index contributed by atoms with van der Waals surface area (Å²) in [6, 6.07) is 6.18. The van der Waals surface area contributed by atoms with E-state index < -0.39 is 0 Å². The standard InChI is InChI=1S/C12H17N5/c1-9-4-5-11(8-10(9)2)12-14-16-17(15-12)7-3-6-13/h4-5,8H,3,6-7,13H2,1-2H3. The maximum Gasteiger partial charge on any atom is 0.204 e. The molecule has 2 aromatic rings. The fraction of sp³-hybridized carbons (Fsp3) is 0.417. The number of hydrogen-bond donors (Lipinski definition) is 1. The van der Waals surface area contributed by atoms with Gasteiger partial charge in [-0.05, 0) is 49.2 Å². The zero-order chi connectivity index (χ0) is 12.3. The minimum atomic E-state index is 0.639. The van der Waals surface area contributed by atoms with Crippen LogP contribution >= 0.6 is 0 Å². The zero-order valence-corrected chi connectivity index (χ0v) is 10.2. The Kier molecular flexibility index (Phi) is 3.49. The smallest absolute Gasteiger partial charge is 0.204 e. The highest BCUT2D eigenvalue weighted by Crippen LogP contribution is 2.17. The summed E-state index contributed by atoms with van der Waals surface area (Å²) in [7, 11) is 0. The molecule has 0 spiro atoms. The number of nitrogens with zero attached hydrogens (tertiary/aromatic N) is 4. The summed E-state index contributed by atoms with van der Waals surface area (Å²) in [5.74, 6) is 0.671. The molecule has 90 valence electrons. The lowest BCUT2D eigenvalue weighted by Gasteiger charge is -2.00. The van der Waals surface area contributed by atoms with E-state index in [9.17, 15) is 0 Å². The van der Waals surface area contributed by atoms with Crippen LogP contribution in [0.5, 0.6) is 0 Å². The minimum absolute atomic E-state index is 0.639. The normalized spacial score (nSPS) is 10.8. The maximum atomic E-state index is 5.44. The first kappa shape index (κ1) is 11.7. The number of benzene rings is 1. The molecule has 1 heterocycles. The van der Waals surface area contributed by atoms with Gasteiger partial charge < -0.3 is 5.73 Å². The number of nitrogens with two attached hydrogens (primary N) is 1. The van der Waals surface area contributed by atoms with E-state index in [-0.39, 0.29) is 0 Å². The van der Waals surface area contributed by atoms with Crippen molar-refractivity contribution in [3.63, 3.8) is 0 Å². The Morgan fingerprint density at radius 2 is 2.06 bits per heavy atom. The molecule has 1 aromatic carbocycles. The van der Waals surface area contributed by atoms with E-state index >= 15 is 0 Å². The van der Waals surface area contributed by atoms with Gasteiger partial charge in [-0.2, -0.15) is 4.80 Å². The van der Waals surface area contributed by atoms with Gasteiger partial charge in [0, 0.05) is 5.56 Å². The van der Waals surface area contributed by atoms with Crippen molar-refractivity contribution in [1.29, 1.82) is 0 Å². The van der Waals surface area contributed by atoms with Gasteiger partial charge in [-0.25, -0.2) is 0 Å². The van der Waals surface area contributed by atoms with Crippen molar-refractivity contribution in [3.8, 4) is 11.4 Å². The molecule has 5 heteroatoms. The zero-order valence-electron chi connectivity index (χ0n) is 10.2. The van der Waals surface area contributed by atoms with Crippen molar-refractivity contribution < 1.29 is 0 Å². The van der Waals surface area contributed by atoms with Crippen LogP contribution in [0.4, 0.5) is 0 Å². The third kappa shape index (κ3) is 2.68. The highest BCUT2D eigenvalue weighted by Gasteiger charge is 2.06. The predicted molar refractivity (Wildman–Crippen MR) is 66.4 cm³/mol. The van der Waals surface area contributed by atoms with Gasteiger partial charge in [0.1, 0.15) is 0 Å². The summed E-state index contributed by atoms with van der Waals surface area (Å²) in [5.41, 5.74) is 8.95. The van der Waals surface area contributed by atoms with Crippen LogP contribution in [0.3, 0.4) is 0 Å². The Hall–Kier alpha value is -1.75. The van der Waals surface area contributed by atoms with E-state index in [2.05, 4.69) is 41.4 Å². The van der Waals surface area contributed by atoms with E-state index in [1.165, 1.54) is 11.1 Å². The van der Waals surface area contributed by atoms with Crippen LogP contribution in [0.1, 0.15) is 17.5 Å². The second-order valence-electron chi connectivity index (χ2n) is 4.15. The van der Waals surface area contributed by atoms with Gasteiger partial charge in [0.2, 0.25) is 5.82 Å². The molecule has 0 atom stereocenters. The lowest BCUT2D eigenvalue weighted by Crippen LogP contribution is -2.08. The van der Waals surface area contributed by atoms with Crippen molar-refractivity contribution in [3.05, 3.63) is 29.3 Å². The van der Waals surface area contributed by atoms with E-state index in [1.807, 2.05) is 6.07 Å². The monoisotopic (exact) mass is 231 g/mol. The number of tetrazole rings is 1. The number of hydrogen-bond acceptors (Lipinski definition) is 4. The SMILES string of the molecule is Cc1ccc(-c2nnn(CCCN)n2)cc1C. The third-order valence-corrected chi connectivity index (χ3v) is 2.78. The lowest BCUT2D eigenvalue weighted by molar-refractivity contribution is 0.504. The molecule has 2 N–H and O–H groups in total. The largest absolute Gasteiger partial charge is 0.330 e. The van der Waals surface area contributed by atoms with Crippen molar-refractivity contribution in [2.24, 2.45) is 5.73 Å². The molecule has 5 nitrogen and oxygen atoms in total. The van der Waals surface area contributed by atoms with E-state index in [0.29, 0.717) is 18.9 Å². The second kappa shape index (κ2) is 5.05. The topological polar surface area (TPSA) is 69.6 Å². The molecule has 0 aliphatic carbocycles. The van der Waals surface area contributed by atoms with Gasteiger partial charge in [0.15, 0.2) is 0 Å². The summed E-state index contributed by atoms with van der Waals surface area (Å²) in [4.78, 5) is 1.59. The second-order valence-corrected chi connectivity index (χ2v) is 4.15. The summed E-state index contributed by atoms with van der Waals surface area (Å²) in [6.45, 7) is 5.52. The molecule has 0 saturated carbocycles. The van der Waals surface area contributed by atoms with Crippen LogP contribution in [0.2, 0.25) is 0 Å². The molecule has 0 unspecified atom stereocenters. The maximum absolute atomic E-state index is 5.44. The quantitative estimate of drug-likeness (QED) is 0.861. The highest BCUT2D eigenvalue weighted by molar-refractivity contribution is 5.56. The Bertz CT molecular complexity index is 503. The van der Waals surface area contributed by atoms with Crippen LogP contribution in [0.15, 0.2) is 18.2 Å². The van der Waals surface area contributed by atoms with Crippen molar-refractivity contribution in [1.82, 2.24) is 20.2 Å². The predicted octanol–water partition coefficient (Wildman–Crippen LogP) is 1.31. The molecule has 0 aliphatic heterocycles. The summed E-state index contributed by atoms with van der Waals surface area (Å²) >= 11 is 0. The molecular formula is C12H17N5. The fourth-order valence-electron chi connectivity index (χ4n) is 1.57. The Labute approximate surface area is 101 Å². The lowest BCUT2D eigenvalue weighted by atomic mass is 10.1. The van der Waals surface area contributed by atoms with Crippen molar-refractivity contribution in [2.75, 3.05) is 6.54 Å². The van der Waals surface area contributed by atoms with E-state index in [0.717, 1.165) is 12.0 Å². The molecule has 0 amide bonds. The van der Waals surface area contributed by atoms with E-state index in [4.69, 9.17) is 5.73 Å². The average Bonchev–Trinajstić information content (AvgIpc) is 2.79. The van der Waals surface area contributed by atoms with Gasteiger partial charge in [-0.15, -0.1) is 10.2 Å². The first-order chi connectivity index (χ1) is 8.20. The Morgan fingerprint density at radius 1 is 1.24 bits per heavy atom. The first-order valence-corrected chi connectivity index (χ1v) is 5.76. The van der Waals surface area contributed by atoms with Crippen molar-refractivity contribution >= 4 is 0 Å². The van der Waals surface area contributed by atoms with Gasteiger partial charge in [-0.3, -0.25) is 0 Å². The molecule has 1 aromatic heterocycles. The summed E-state index contributed by atoms with van der Waals surface area (Å²) in [5, 5.41) is 12.4. The molecule has 0 fully saturated rings. The van der Waals surface area contributed by atoms with Gasteiger partial charge in [-0.1, -0.05) is 12.1 Å². The van der Waals surface area contributed by atoms with Crippen molar-refractivity contribution in [2.45, 2.75) is 26.8 Å². The molecule has 17 heavy (non-hydrogen) atoms. The summed E-state index contributed by atoms with van der Waals surface area (Å²) in [6.07, 6.45) is 0.864. The van der Waals surface area contributed by atoms with Crippen LogP contribution in [0, 0.1) is 13.8 Å². The van der Waals surface area contributed by atoms with Crippen LogP contribution in [-0.2, 0) is 6.54 Å². The molecule has 0 saturated heterocycles. The molecule has 0 bridgehead atoms. The molecule has 2 rings (SSSR count). The Morgan fingerprint density at radius 3 is 2.76 bits per heavy atom.